The maximum atomic E-state index is 14.0. The van der Waals surface area contributed by atoms with Gasteiger partial charge in [0.05, 0.1) is 37.4 Å². The molecular weight excluding hydrogens is 535 g/mol. The molecule has 2 amide bonds. The van der Waals surface area contributed by atoms with E-state index >= 15 is 0 Å². The van der Waals surface area contributed by atoms with Gasteiger partial charge in [0.1, 0.15) is 11.4 Å². The first-order valence-electron chi connectivity index (χ1n) is 12.1. The molecule has 1 saturated heterocycles. The second-order valence-electron chi connectivity index (χ2n) is 11.5. The zero-order chi connectivity index (χ0) is 27.4. The Balaban J connectivity index is 2.36. The summed E-state index contributed by atoms with van der Waals surface area (Å²) in [4.78, 5) is 26.8. The number of nitrogens with zero attached hydrogens (tertiary/aromatic N) is 1. The highest BCUT2D eigenvalue weighted by Crippen LogP contribution is 2.28. The molecule has 0 aromatic heterocycles. The van der Waals surface area contributed by atoms with E-state index in [0.717, 1.165) is 0 Å². The van der Waals surface area contributed by atoms with E-state index in [2.05, 4.69) is 21.2 Å². The molecule has 1 heterocycles. The average molecular weight is 576 g/mol. The number of rotatable bonds is 7. The molecule has 0 bridgehead atoms. The second kappa shape index (κ2) is 12.2. The summed E-state index contributed by atoms with van der Waals surface area (Å²) in [6.07, 6.45) is -2.46. The van der Waals surface area contributed by atoms with Gasteiger partial charge in [-0.3, -0.25) is 9.69 Å². The molecular formula is C26H40BrFN2O6. The minimum atomic E-state index is -1.24. The summed E-state index contributed by atoms with van der Waals surface area (Å²) in [5.41, 5.74) is -0.317. The van der Waals surface area contributed by atoms with Gasteiger partial charge >= 0.3 is 6.09 Å². The molecule has 36 heavy (non-hydrogen) atoms. The Morgan fingerprint density at radius 1 is 1.25 bits per heavy atom. The summed E-state index contributed by atoms with van der Waals surface area (Å²) in [6, 6.07) is 2.12. The van der Waals surface area contributed by atoms with E-state index in [9.17, 15) is 19.1 Å². The number of carbonyl (C=O) groups is 2. The standard InChI is InChI=1S/C26H40BrFN2O6/c1-15-23(35-14-25(3,4)5)34-13-21(30(15)24(33)36-26(6,7)8)22(32)20(29-16(2)31)11-17-9-18(27)12-19(28)10-17/h9-10,12,15,20-23,32H,11,13-14H2,1-8H3,(H,29,31)/t15-,20-,21+,22-,23-/m0/s1. The van der Waals surface area contributed by atoms with Crippen molar-refractivity contribution in [1.29, 1.82) is 0 Å². The monoisotopic (exact) mass is 574 g/mol. The Morgan fingerprint density at radius 2 is 1.89 bits per heavy atom. The predicted molar refractivity (Wildman–Crippen MR) is 138 cm³/mol. The SMILES string of the molecule is CC(=O)N[C@@H](Cc1cc(F)cc(Br)c1)[C@H](O)[C@H]1CO[C@@H](OCC(C)(C)C)[C@H](C)N1C(=O)OC(C)(C)C. The molecule has 0 saturated carbocycles. The molecule has 8 nitrogen and oxygen atoms in total. The van der Waals surface area contributed by atoms with Gasteiger partial charge in [-0.15, -0.1) is 0 Å². The van der Waals surface area contributed by atoms with Crippen LogP contribution in [0, 0.1) is 11.2 Å². The third kappa shape index (κ3) is 9.28. The van der Waals surface area contributed by atoms with Crippen molar-refractivity contribution in [2.45, 2.75) is 97.9 Å². The zero-order valence-electron chi connectivity index (χ0n) is 22.4. The number of nitrogens with one attached hydrogen (secondary N) is 1. The molecule has 2 N–H and O–H groups in total. The Bertz CT molecular complexity index is 896. The number of carbonyl (C=O) groups excluding carboxylic acids is 2. The number of amides is 2. The van der Waals surface area contributed by atoms with E-state index in [1.165, 1.54) is 24.0 Å². The van der Waals surface area contributed by atoms with Gasteiger partial charge in [-0.05, 0) is 63.3 Å². The number of halogens is 2. The van der Waals surface area contributed by atoms with Gasteiger partial charge in [-0.25, -0.2) is 9.18 Å². The molecule has 1 aliphatic rings. The lowest BCUT2D eigenvalue weighted by Crippen LogP contribution is -2.66. The molecule has 0 radical (unpaired) electrons. The molecule has 1 aromatic rings. The number of hydrogen-bond donors (Lipinski definition) is 2. The van der Waals surface area contributed by atoms with Crippen LogP contribution in [-0.2, 0) is 25.4 Å². The molecule has 1 aromatic carbocycles. The minimum absolute atomic E-state index is 0.0392. The number of hydrogen-bond acceptors (Lipinski definition) is 6. The van der Waals surface area contributed by atoms with Crippen LogP contribution in [0.2, 0.25) is 0 Å². The number of morpholine rings is 1. The van der Waals surface area contributed by atoms with Gasteiger partial charge in [0, 0.05) is 11.4 Å². The quantitative estimate of drug-likeness (QED) is 0.500. The van der Waals surface area contributed by atoms with Gasteiger partial charge in [0.2, 0.25) is 5.91 Å². The summed E-state index contributed by atoms with van der Waals surface area (Å²) in [6.45, 7) is 14.8. The summed E-state index contributed by atoms with van der Waals surface area (Å²) in [5, 5.41) is 14.2. The minimum Gasteiger partial charge on any atom is -0.444 e. The Kier molecular flexibility index (Phi) is 10.3. The molecule has 10 heteroatoms. The van der Waals surface area contributed by atoms with Crippen LogP contribution in [0.15, 0.2) is 22.7 Å². The lowest BCUT2D eigenvalue weighted by atomic mass is 9.94. The Hall–Kier alpha value is -1.75. The Labute approximate surface area is 222 Å². The van der Waals surface area contributed by atoms with Gasteiger partial charge < -0.3 is 24.6 Å². The average Bonchev–Trinajstić information content (AvgIpc) is 2.68. The van der Waals surface area contributed by atoms with E-state index in [-0.39, 0.29) is 24.3 Å². The fraction of sp³-hybridized carbons (Fsp3) is 0.692. The fourth-order valence-corrected chi connectivity index (χ4v) is 4.53. The lowest BCUT2D eigenvalue weighted by molar-refractivity contribution is -0.233. The first kappa shape index (κ1) is 30.5. The van der Waals surface area contributed by atoms with Gasteiger partial charge in [-0.2, -0.15) is 0 Å². The molecule has 1 fully saturated rings. The lowest BCUT2D eigenvalue weighted by Gasteiger charge is -2.47. The van der Waals surface area contributed by atoms with E-state index < -0.39 is 48.0 Å². The van der Waals surface area contributed by atoms with Crippen molar-refractivity contribution >= 4 is 27.9 Å². The van der Waals surface area contributed by atoms with Crippen molar-refractivity contribution in [3.8, 4) is 0 Å². The molecule has 0 unspecified atom stereocenters. The summed E-state index contributed by atoms with van der Waals surface area (Å²) in [5.74, 6) is -0.811. The molecule has 0 spiro atoms. The van der Waals surface area contributed by atoms with E-state index in [1.807, 2.05) is 20.8 Å². The highest BCUT2D eigenvalue weighted by atomic mass is 79.9. The first-order valence-corrected chi connectivity index (χ1v) is 12.9. The van der Waals surface area contributed by atoms with Crippen LogP contribution in [0.1, 0.15) is 61.0 Å². The van der Waals surface area contributed by atoms with Crippen LogP contribution in [0.5, 0.6) is 0 Å². The third-order valence-corrected chi connectivity index (χ3v) is 5.94. The maximum absolute atomic E-state index is 14.0. The number of ether oxygens (including phenoxy) is 3. The van der Waals surface area contributed by atoms with Crippen LogP contribution < -0.4 is 5.32 Å². The highest BCUT2D eigenvalue weighted by molar-refractivity contribution is 9.10. The normalized spacial score (nSPS) is 22.6. The van der Waals surface area contributed by atoms with Crippen molar-refractivity contribution in [2.75, 3.05) is 13.2 Å². The van der Waals surface area contributed by atoms with Crippen molar-refractivity contribution < 1.29 is 33.3 Å². The molecule has 0 aliphatic carbocycles. The van der Waals surface area contributed by atoms with Crippen molar-refractivity contribution in [1.82, 2.24) is 10.2 Å². The number of aliphatic hydroxyl groups is 1. The van der Waals surface area contributed by atoms with Gasteiger partial charge in [0.25, 0.3) is 0 Å². The topological polar surface area (TPSA) is 97.3 Å². The zero-order valence-corrected chi connectivity index (χ0v) is 24.0. The number of benzene rings is 1. The summed E-state index contributed by atoms with van der Waals surface area (Å²) < 4.78 is 32.1. The van der Waals surface area contributed by atoms with Crippen molar-refractivity contribution in [3.63, 3.8) is 0 Å². The first-order chi connectivity index (χ1) is 16.5. The third-order valence-electron chi connectivity index (χ3n) is 5.48. The van der Waals surface area contributed by atoms with E-state index in [1.54, 1.807) is 33.8 Å². The van der Waals surface area contributed by atoms with Crippen LogP contribution >= 0.6 is 15.9 Å². The smallest absolute Gasteiger partial charge is 0.411 e. The molecule has 204 valence electrons. The molecule has 2 rings (SSSR count). The van der Waals surface area contributed by atoms with Crippen LogP contribution in [0.3, 0.4) is 0 Å². The fourth-order valence-electron chi connectivity index (χ4n) is 4.01. The van der Waals surface area contributed by atoms with Crippen LogP contribution in [0.25, 0.3) is 0 Å². The van der Waals surface area contributed by atoms with Gasteiger partial charge in [-0.1, -0.05) is 36.7 Å². The van der Waals surface area contributed by atoms with Crippen LogP contribution in [-0.4, -0.2) is 71.3 Å². The van der Waals surface area contributed by atoms with E-state index in [0.29, 0.717) is 16.6 Å². The molecule has 1 aliphatic heterocycles. The maximum Gasteiger partial charge on any atom is 0.411 e. The molecule has 5 atom stereocenters. The van der Waals surface area contributed by atoms with Gasteiger partial charge in [0.15, 0.2) is 6.29 Å². The predicted octanol–water partition coefficient (Wildman–Crippen LogP) is 4.41. The van der Waals surface area contributed by atoms with E-state index in [4.69, 9.17) is 14.2 Å². The van der Waals surface area contributed by atoms with Crippen molar-refractivity contribution in [2.24, 2.45) is 5.41 Å². The largest absolute Gasteiger partial charge is 0.444 e. The summed E-state index contributed by atoms with van der Waals surface area (Å²) in [7, 11) is 0. The van der Waals surface area contributed by atoms with Crippen LogP contribution in [0.4, 0.5) is 9.18 Å². The number of aliphatic hydroxyl groups excluding tert-OH is 1. The second-order valence-corrected chi connectivity index (χ2v) is 12.5. The Morgan fingerprint density at radius 3 is 2.42 bits per heavy atom. The summed E-state index contributed by atoms with van der Waals surface area (Å²) >= 11 is 3.27. The highest BCUT2D eigenvalue weighted by Gasteiger charge is 2.46. The van der Waals surface area contributed by atoms with Crippen molar-refractivity contribution in [3.05, 3.63) is 34.1 Å².